The number of aryl methyl sites for hydroxylation is 1. The van der Waals surface area contributed by atoms with E-state index < -0.39 is 0 Å². The van der Waals surface area contributed by atoms with Crippen LogP contribution >= 0.6 is 0 Å². The summed E-state index contributed by atoms with van der Waals surface area (Å²) in [6.45, 7) is 2.09. The van der Waals surface area contributed by atoms with E-state index in [1.54, 1.807) is 0 Å². The Hall–Kier alpha value is -2.10. The average molecular weight is 295 g/mol. The fraction of sp³-hybridized carbons (Fsp3) is 0.444. The summed E-state index contributed by atoms with van der Waals surface area (Å²) in [5, 5.41) is 7.68. The fourth-order valence-electron chi connectivity index (χ4n) is 3.85. The van der Waals surface area contributed by atoms with E-state index in [4.69, 9.17) is 0 Å². The maximum atomic E-state index is 12.2. The molecule has 1 amide bonds. The largest absolute Gasteiger partial charge is 0.311 e. The predicted molar refractivity (Wildman–Crippen MR) is 86.0 cm³/mol. The van der Waals surface area contributed by atoms with Gasteiger partial charge >= 0.3 is 0 Å². The molecular formula is C18H21N3O. The van der Waals surface area contributed by atoms with Crippen LogP contribution in [0.15, 0.2) is 30.5 Å². The predicted octanol–water partition coefficient (Wildman–Crippen LogP) is 3.78. The molecule has 0 spiro atoms. The van der Waals surface area contributed by atoms with Gasteiger partial charge in [-0.2, -0.15) is 5.10 Å². The lowest BCUT2D eigenvalue weighted by atomic mass is 9.87. The van der Waals surface area contributed by atoms with Crippen molar-refractivity contribution in [3.8, 4) is 0 Å². The Kier molecular flexibility index (Phi) is 3.25. The number of anilines is 1. The van der Waals surface area contributed by atoms with Crippen molar-refractivity contribution < 1.29 is 4.79 Å². The number of carbonyl (C=O) groups is 1. The van der Waals surface area contributed by atoms with Gasteiger partial charge in [0.25, 0.3) is 0 Å². The molecule has 1 fully saturated rings. The summed E-state index contributed by atoms with van der Waals surface area (Å²) in [4.78, 5) is 12.2. The summed E-state index contributed by atoms with van der Waals surface area (Å²) in [6, 6.07) is 8.90. The maximum Gasteiger partial charge on any atom is 0.226 e. The highest BCUT2D eigenvalue weighted by Crippen LogP contribution is 2.40. The van der Waals surface area contributed by atoms with Gasteiger partial charge in [0.15, 0.2) is 0 Å². The van der Waals surface area contributed by atoms with Crippen LogP contribution in [0.3, 0.4) is 0 Å². The van der Waals surface area contributed by atoms with Crippen LogP contribution in [-0.2, 0) is 4.79 Å². The average Bonchev–Trinajstić information content (AvgIpc) is 3.14. The number of fused-ring (bicyclic) bond motifs is 1. The van der Waals surface area contributed by atoms with Crippen LogP contribution in [0.25, 0.3) is 0 Å². The number of hydrogen-bond acceptors (Lipinski definition) is 2. The number of hydrogen-bond donors (Lipinski definition) is 1. The molecule has 4 rings (SSSR count). The highest BCUT2D eigenvalue weighted by atomic mass is 16.1. The van der Waals surface area contributed by atoms with Gasteiger partial charge in [-0.15, -0.1) is 0 Å². The minimum atomic E-state index is 0.0961. The first-order valence-corrected chi connectivity index (χ1v) is 8.16. The van der Waals surface area contributed by atoms with Gasteiger partial charge in [0, 0.05) is 17.9 Å². The molecule has 0 unspecified atom stereocenters. The van der Waals surface area contributed by atoms with E-state index in [0.717, 1.165) is 11.4 Å². The fourth-order valence-corrected chi connectivity index (χ4v) is 3.85. The van der Waals surface area contributed by atoms with Crippen LogP contribution in [0.4, 0.5) is 5.82 Å². The summed E-state index contributed by atoms with van der Waals surface area (Å²) in [5.74, 6) is 1.15. The van der Waals surface area contributed by atoms with Crippen molar-refractivity contribution >= 4 is 11.7 Å². The maximum absolute atomic E-state index is 12.2. The van der Waals surface area contributed by atoms with Crippen molar-refractivity contribution in [2.75, 3.05) is 5.32 Å². The monoisotopic (exact) mass is 295 g/mol. The minimum Gasteiger partial charge on any atom is -0.311 e. The molecule has 1 aliphatic heterocycles. The third-order valence-electron chi connectivity index (χ3n) is 4.96. The first-order chi connectivity index (χ1) is 10.7. The molecule has 114 valence electrons. The van der Waals surface area contributed by atoms with E-state index in [0.29, 0.717) is 12.5 Å². The molecule has 0 radical (unpaired) electrons. The van der Waals surface area contributed by atoms with Gasteiger partial charge in [-0.3, -0.25) is 4.79 Å². The summed E-state index contributed by atoms with van der Waals surface area (Å²) >= 11 is 0. The Bertz CT molecular complexity index is 713. The van der Waals surface area contributed by atoms with Crippen LogP contribution < -0.4 is 5.32 Å². The molecule has 22 heavy (non-hydrogen) atoms. The normalized spacial score (nSPS) is 21.7. The zero-order valence-corrected chi connectivity index (χ0v) is 12.9. The molecule has 1 aromatic heterocycles. The standard InChI is InChI=1S/C18H21N3O/c1-12-5-4-6-13(9-12)15-10-17(22)20-18-16(15)11-19-21(18)14-7-2-3-8-14/h4-6,9,11,14-15H,2-3,7-8,10H2,1H3,(H,20,22)/t15-/m0/s1. The number of rotatable bonds is 2. The smallest absolute Gasteiger partial charge is 0.226 e. The molecule has 0 saturated heterocycles. The topological polar surface area (TPSA) is 46.9 Å². The second-order valence-corrected chi connectivity index (χ2v) is 6.55. The minimum absolute atomic E-state index is 0.0961. The van der Waals surface area contributed by atoms with Gasteiger partial charge in [-0.05, 0) is 25.3 Å². The number of benzene rings is 1. The first-order valence-electron chi connectivity index (χ1n) is 8.16. The van der Waals surface area contributed by atoms with Crippen LogP contribution in [0.1, 0.15) is 60.8 Å². The van der Waals surface area contributed by atoms with Crippen LogP contribution in [0.5, 0.6) is 0 Å². The zero-order chi connectivity index (χ0) is 15.1. The number of amides is 1. The summed E-state index contributed by atoms with van der Waals surface area (Å²) in [6.07, 6.45) is 7.31. The molecule has 4 nitrogen and oxygen atoms in total. The number of carbonyl (C=O) groups excluding carboxylic acids is 1. The quantitative estimate of drug-likeness (QED) is 0.916. The van der Waals surface area contributed by atoms with Crippen molar-refractivity contribution in [2.45, 2.75) is 51.0 Å². The van der Waals surface area contributed by atoms with Gasteiger partial charge in [-0.25, -0.2) is 4.68 Å². The summed E-state index contributed by atoms with van der Waals surface area (Å²) in [5.41, 5.74) is 3.60. The molecule has 0 bridgehead atoms. The molecular weight excluding hydrogens is 274 g/mol. The molecule has 1 atom stereocenters. The van der Waals surface area contributed by atoms with E-state index in [2.05, 4.69) is 46.3 Å². The molecule has 2 aliphatic rings. The lowest BCUT2D eigenvalue weighted by Gasteiger charge is -2.25. The van der Waals surface area contributed by atoms with Crippen molar-refractivity contribution in [1.29, 1.82) is 0 Å². The van der Waals surface area contributed by atoms with Crippen LogP contribution in [0.2, 0.25) is 0 Å². The van der Waals surface area contributed by atoms with E-state index in [9.17, 15) is 4.79 Å². The summed E-state index contributed by atoms with van der Waals surface area (Å²) < 4.78 is 2.06. The zero-order valence-electron chi connectivity index (χ0n) is 12.9. The molecule has 1 N–H and O–H groups in total. The molecule has 1 aliphatic carbocycles. The van der Waals surface area contributed by atoms with Crippen LogP contribution in [-0.4, -0.2) is 15.7 Å². The van der Waals surface area contributed by atoms with Gasteiger partial charge < -0.3 is 5.32 Å². The Morgan fingerprint density at radius 3 is 2.86 bits per heavy atom. The molecule has 4 heteroatoms. The number of nitrogens with one attached hydrogen (secondary N) is 1. The second kappa shape index (κ2) is 5.27. The van der Waals surface area contributed by atoms with Crippen molar-refractivity contribution in [3.05, 3.63) is 47.2 Å². The van der Waals surface area contributed by atoms with Crippen molar-refractivity contribution in [2.24, 2.45) is 0 Å². The number of nitrogens with zero attached hydrogens (tertiary/aromatic N) is 2. The summed E-state index contributed by atoms with van der Waals surface area (Å²) in [7, 11) is 0. The van der Waals surface area contributed by atoms with Gasteiger partial charge in [0.05, 0.1) is 12.2 Å². The van der Waals surface area contributed by atoms with E-state index in [-0.39, 0.29) is 11.8 Å². The SMILES string of the molecule is Cc1cccc([C@@H]2CC(=O)Nc3c2cnn3C2CCCC2)c1. The Morgan fingerprint density at radius 2 is 2.09 bits per heavy atom. The third kappa shape index (κ3) is 2.23. The molecule has 1 saturated carbocycles. The van der Waals surface area contributed by atoms with Gasteiger partial charge in [-0.1, -0.05) is 42.7 Å². The third-order valence-corrected chi connectivity index (χ3v) is 4.96. The highest BCUT2D eigenvalue weighted by molar-refractivity contribution is 5.94. The van der Waals surface area contributed by atoms with Crippen molar-refractivity contribution in [3.63, 3.8) is 0 Å². The molecule has 1 aromatic carbocycles. The second-order valence-electron chi connectivity index (χ2n) is 6.55. The first kappa shape index (κ1) is 13.6. The lowest BCUT2D eigenvalue weighted by molar-refractivity contribution is -0.116. The highest BCUT2D eigenvalue weighted by Gasteiger charge is 2.32. The van der Waals surface area contributed by atoms with Crippen LogP contribution in [0, 0.1) is 6.92 Å². The molecule has 2 aromatic rings. The Morgan fingerprint density at radius 1 is 1.27 bits per heavy atom. The Labute approximate surface area is 130 Å². The lowest BCUT2D eigenvalue weighted by Crippen LogP contribution is -2.25. The van der Waals surface area contributed by atoms with E-state index >= 15 is 0 Å². The Balaban J connectivity index is 1.76. The van der Waals surface area contributed by atoms with Crippen molar-refractivity contribution in [1.82, 2.24) is 9.78 Å². The molecule has 2 heterocycles. The number of aromatic nitrogens is 2. The van der Waals surface area contributed by atoms with Gasteiger partial charge in [0.1, 0.15) is 5.82 Å². The van der Waals surface area contributed by atoms with E-state index in [1.807, 2.05) is 6.20 Å². The van der Waals surface area contributed by atoms with Gasteiger partial charge in [0.2, 0.25) is 5.91 Å². The van der Waals surface area contributed by atoms with E-state index in [1.165, 1.54) is 36.8 Å².